The number of alkyl halides is 1. The summed E-state index contributed by atoms with van der Waals surface area (Å²) in [6, 6.07) is 0. The van der Waals surface area contributed by atoms with Gasteiger partial charge in [-0.3, -0.25) is 0 Å². The first kappa shape index (κ1) is 8.96. The Balaban J connectivity index is 0. The van der Waals surface area contributed by atoms with Gasteiger partial charge in [0, 0.05) is 0 Å². The molecule has 0 aromatic carbocycles. The van der Waals surface area contributed by atoms with Crippen LogP contribution in [0.3, 0.4) is 0 Å². The van der Waals surface area contributed by atoms with E-state index in [0.29, 0.717) is 0 Å². The molecule has 0 heterocycles. The molecule has 34 valence electrons. The maximum absolute atomic E-state index is 7.82. The van der Waals surface area contributed by atoms with E-state index in [-0.39, 0.29) is 6.15 Å². The van der Waals surface area contributed by atoms with Crippen LogP contribution >= 0.6 is 11.6 Å². The van der Waals surface area contributed by atoms with Gasteiger partial charge in [0.05, 0.1) is 0 Å². The summed E-state index contributed by atoms with van der Waals surface area (Å²) in [4.78, 5) is 0. The largest absolute Gasteiger partial charge is 0.378 e. The number of halogens is 1. The van der Waals surface area contributed by atoms with Crippen LogP contribution in [0.1, 0.15) is 6.92 Å². The zero-order valence-corrected chi connectivity index (χ0v) is 4.16. The SMILES string of the molecule is CC(O)Cl.[NH4+]. The lowest BCUT2D eigenvalue weighted by molar-refractivity contribution is 0.277. The van der Waals surface area contributed by atoms with Gasteiger partial charge in [0.2, 0.25) is 0 Å². The van der Waals surface area contributed by atoms with Gasteiger partial charge in [-0.05, 0) is 6.92 Å². The van der Waals surface area contributed by atoms with E-state index in [9.17, 15) is 0 Å². The van der Waals surface area contributed by atoms with Gasteiger partial charge in [0.25, 0.3) is 0 Å². The molecular weight excluding hydrogens is 89.5 g/mol. The molecule has 0 aliphatic rings. The fourth-order valence-electron chi connectivity index (χ4n) is 0. The van der Waals surface area contributed by atoms with E-state index in [1.54, 1.807) is 0 Å². The fourth-order valence-corrected chi connectivity index (χ4v) is 0. The summed E-state index contributed by atoms with van der Waals surface area (Å²) >= 11 is 4.83. The summed E-state index contributed by atoms with van der Waals surface area (Å²) in [5.74, 6) is 0. The average molecular weight is 98.6 g/mol. The quantitative estimate of drug-likeness (QED) is 0.435. The zero-order chi connectivity index (χ0) is 3.58. The van der Waals surface area contributed by atoms with Gasteiger partial charge in [-0.15, -0.1) is 0 Å². The zero-order valence-electron chi connectivity index (χ0n) is 3.40. The lowest BCUT2D eigenvalue weighted by Crippen LogP contribution is -1.79. The Bertz CT molecular complexity index is 14.4. The molecule has 0 amide bonds. The Morgan fingerprint density at radius 2 is 1.80 bits per heavy atom. The molecule has 0 aliphatic heterocycles. The second-order valence-electron chi connectivity index (χ2n) is 0.574. The number of hydrogen-bond donors (Lipinski definition) is 2. The minimum Gasteiger partial charge on any atom is -0.378 e. The van der Waals surface area contributed by atoms with E-state index in [4.69, 9.17) is 16.7 Å². The molecule has 0 saturated carbocycles. The highest BCUT2D eigenvalue weighted by atomic mass is 35.5. The van der Waals surface area contributed by atoms with E-state index in [1.807, 2.05) is 0 Å². The molecule has 0 fully saturated rings. The summed E-state index contributed by atoms with van der Waals surface area (Å²) in [7, 11) is 0. The molecular formula is C2H9ClNO+. The highest BCUT2D eigenvalue weighted by molar-refractivity contribution is 6.19. The third-order valence-corrected chi connectivity index (χ3v) is 0. The minimum absolute atomic E-state index is 0. The Morgan fingerprint density at radius 1 is 1.80 bits per heavy atom. The van der Waals surface area contributed by atoms with Crippen LogP contribution in [0.15, 0.2) is 0 Å². The molecule has 0 bridgehead atoms. The number of rotatable bonds is 0. The predicted octanol–water partition coefficient (Wildman–Crippen LogP) is 0.940. The average Bonchev–Trinajstić information content (AvgIpc) is 0.811. The van der Waals surface area contributed by atoms with Crippen LogP contribution in [0.5, 0.6) is 0 Å². The Hall–Kier alpha value is 0.210. The molecule has 0 rings (SSSR count). The molecule has 0 aromatic heterocycles. The van der Waals surface area contributed by atoms with Crippen molar-refractivity contribution in [2.45, 2.75) is 12.5 Å². The van der Waals surface area contributed by atoms with Crippen LogP contribution in [0.2, 0.25) is 0 Å². The maximum Gasteiger partial charge on any atom is 0.125 e. The Kier molecular flexibility index (Phi) is 7.55. The monoisotopic (exact) mass is 98.0 g/mol. The topological polar surface area (TPSA) is 56.7 Å². The summed E-state index contributed by atoms with van der Waals surface area (Å²) in [5, 5.41) is 7.82. The van der Waals surface area contributed by atoms with Crippen molar-refractivity contribution in [1.82, 2.24) is 6.15 Å². The molecule has 5 N–H and O–H groups in total. The molecule has 3 heteroatoms. The van der Waals surface area contributed by atoms with E-state index < -0.39 is 5.56 Å². The van der Waals surface area contributed by atoms with Crippen molar-refractivity contribution in [2.75, 3.05) is 0 Å². The third-order valence-electron chi connectivity index (χ3n) is 0. The first-order valence-corrected chi connectivity index (χ1v) is 1.49. The van der Waals surface area contributed by atoms with Crippen LogP contribution in [0.25, 0.3) is 0 Å². The van der Waals surface area contributed by atoms with Crippen molar-refractivity contribution in [3.8, 4) is 0 Å². The van der Waals surface area contributed by atoms with Crippen molar-refractivity contribution in [3.63, 3.8) is 0 Å². The van der Waals surface area contributed by atoms with E-state index in [2.05, 4.69) is 0 Å². The van der Waals surface area contributed by atoms with E-state index in [0.717, 1.165) is 0 Å². The number of hydrogen-bond acceptors (Lipinski definition) is 1. The standard InChI is InChI=1S/C2H5ClO.H3N/c1-2(3)4;/h2,4H,1H3;1H3/p+1. The van der Waals surface area contributed by atoms with Gasteiger partial charge in [0.1, 0.15) is 5.56 Å². The molecule has 0 saturated heterocycles. The van der Waals surface area contributed by atoms with Gasteiger partial charge in [-0.2, -0.15) is 0 Å². The Labute approximate surface area is 36.3 Å². The van der Waals surface area contributed by atoms with Crippen LogP contribution < -0.4 is 6.15 Å². The summed E-state index contributed by atoms with van der Waals surface area (Å²) in [6.45, 7) is 1.49. The van der Waals surface area contributed by atoms with Gasteiger partial charge >= 0.3 is 0 Å². The van der Waals surface area contributed by atoms with Crippen molar-refractivity contribution in [2.24, 2.45) is 0 Å². The van der Waals surface area contributed by atoms with Crippen LogP contribution in [0.4, 0.5) is 0 Å². The van der Waals surface area contributed by atoms with Crippen molar-refractivity contribution < 1.29 is 5.11 Å². The first-order valence-electron chi connectivity index (χ1n) is 1.05. The minimum atomic E-state index is -0.694. The van der Waals surface area contributed by atoms with Crippen LogP contribution in [0, 0.1) is 0 Å². The summed E-state index contributed by atoms with van der Waals surface area (Å²) < 4.78 is 0. The molecule has 1 atom stereocenters. The first-order chi connectivity index (χ1) is 1.73. The van der Waals surface area contributed by atoms with Crippen LogP contribution in [-0.2, 0) is 0 Å². The van der Waals surface area contributed by atoms with Crippen LogP contribution in [-0.4, -0.2) is 10.7 Å². The van der Waals surface area contributed by atoms with Crippen molar-refractivity contribution >= 4 is 11.6 Å². The van der Waals surface area contributed by atoms with E-state index >= 15 is 0 Å². The van der Waals surface area contributed by atoms with Gasteiger partial charge in [-0.25, -0.2) is 0 Å². The molecule has 2 nitrogen and oxygen atoms in total. The highest BCUT2D eigenvalue weighted by Gasteiger charge is 1.72. The molecule has 0 radical (unpaired) electrons. The lowest BCUT2D eigenvalue weighted by Gasteiger charge is -1.77. The van der Waals surface area contributed by atoms with E-state index in [1.165, 1.54) is 6.92 Å². The maximum atomic E-state index is 7.82. The fraction of sp³-hybridized carbons (Fsp3) is 1.00. The smallest absolute Gasteiger partial charge is 0.125 e. The van der Waals surface area contributed by atoms with Gasteiger partial charge < -0.3 is 11.3 Å². The highest BCUT2D eigenvalue weighted by Crippen LogP contribution is 1.79. The summed E-state index contributed by atoms with van der Waals surface area (Å²) in [5.41, 5.74) is -0.694. The second-order valence-corrected chi connectivity index (χ2v) is 1.21. The summed E-state index contributed by atoms with van der Waals surface area (Å²) in [6.07, 6.45) is 0. The number of aliphatic hydroxyl groups excluding tert-OH is 1. The lowest BCUT2D eigenvalue weighted by atomic mass is 10.9. The molecule has 0 aliphatic carbocycles. The van der Waals surface area contributed by atoms with Gasteiger partial charge in [0.15, 0.2) is 0 Å². The molecule has 1 unspecified atom stereocenters. The molecule has 5 heavy (non-hydrogen) atoms. The number of quaternary nitrogens is 1. The van der Waals surface area contributed by atoms with Crippen molar-refractivity contribution in [1.29, 1.82) is 0 Å². The molecule has 0 aromatic rings. The third kappa shape index (κ3) is 466. The molecule has 0 spiro atoms. The normalized spacial score (nSPS) is 12.6. The second kappa shape index (κ2) is 4.21. The van der Waals surface area contributed by atoms with Crippen molar-refractivity contribution in [3.05, 3.63) is 0 Å². The van der Waals surface area contributed by atoms with Gasteiger partial charge in [-0.1, -0.05) is 11.6 Å². The number of aliphatic hydroxyl groups is 1. The Morgan fingerprint density at radius 3 is 1.80 bits per heavy atom. The predicted molar refractivity (Wildman–Crippen MR) is 23.5 cm³/mol.